The van der Waals surface area contributed by atoms with E-state index >= 15 is 0 Å². The molecule has 1 amide bonds. The van der Waals surface area contributed by atoms with Crippen LogP contribution in [0, 0.1) is 13.8 Å². The summed E-state index contributed by atoms with van der Waals surface area (Å²) in [5.74, 6) is 0.0320. The molecule has 1 aliphatic heterocycles. The molecule has 2 heterocycles. The first kappa shape index (κ1) is 14.9. The number of nitrogens with zero attached hydrogens (tertiary/aromatic N) is 3. The fourth-order valence-corrected chi connectivity index (χ4v) is 2.75. The van der Waals surface area contributed by atoms with Crippen molar-refractivity contribution in [1.82, 2.24) is 14.9 Å². The van der Waals surface area contributed by atoms with Crippen LogP contribution in [0.15, 0.2) is 18.2 Å². The Bertz CT molecular complexity index is 729. The second-order valence-electron chi connectivity index (χ2n) is 5.91. The van der Waals surface area contributed by atoms with Gasteiger partial charge in [0.15, 0.2) is 0 Å². The van der Waals surface area contributed by atoms with Crippen molar-refractivity contribution >= 4 is 16.9 Å². The van der Waals surface area contributed by atoms with Gasteiger partial charge in [-0.05, 0) is 45.9 Å². The summed E-state index contributed by atoms with van der Waals surface area (Å²) >= 11 is 0. The molecule has 2 atom stereocenters. The predicted molar refractivity (Wildman–Crippen MR) is 84.9 cm³/mol. The Morgan fingerprint density at radius 2 is 1.86 bits per heavy atom. The fourth-order valence-electron chi connectivity index (χ4n) is 2.75. The molecule has 1 aromatic heterocycles. The van der Waals surface area contributed by atoms with E-state index in [4.69, 9.17) is 4.74 Å². The van der Waals surface area contributed by atoms with Gasteiger partial charge >= 0.3 is 0 Å². The van der Waals surface area contributed by atoms with Gasteiger partial charge in [0.25, 0.3) is 5.91 Å². The van der Waals surface area contributed by atoms with Crippen LogP contribution < -0.4 is 0 Å². The number of aromatic nitrogens is 2. The molecule has 1 saturated heterocycles. The number of carbonyl (C=O) groups is 1. The van der Waals surface area contributed by atoms with Crippen LogP contribution in [0.1, 0.15) is 35.6 Å². The Labute approximate surface area is 130 Å². The Kier molecular flexibility index (Phi) is 3.83. The Morgan fingerprint density at radius 1 is 1.18 bits per heavy atom. The number of fused-ring (bicyclic) bond motifs is 1. The summed E-state index contributed by atoms with van der Waals surface area (Å²) < 4.78 is 5.59. The lowest BCUT2D eigenvalue weighted by atomic mass is 10.1. The summed E-state index contributed by atoms with van der Waals surface area (Å²) in [5, 5.41) is 0. The average Bonchev–Trinajstić information content (AvgIpc) is 2.50. The third-order valence-electron chi connectivity index (χ3n) is 4.47. The molecule has 0 bridgehead atoms. The molecule has 2 unspecified atom stereocenters. The molecule has 1 fully saturated rings. The lowest BCUT2D eigenvalue weighted by molar-refractivity contribution is -0.0440. The molecular weight excluding hydrogens is 278 g/mol. The molecular formula is C17H21N3O2. The van der Waals surface area contributed by atoms with Crippen LogP contribution in [0.3, 0.4) is 0 Å². The first-order valence-electron chi connectivity index (χ1n) is 7.65. The number of ether oxygens (including phenoxy) is 1. The lowest BCUT2D eigenvalue weighted by Gasteiger charge is -2.37. The second-order valence-corrected chi connectivity index (χ2v) is 5.91. The third-order valence-corrected chi connectivity index (χ3v) is 4.47. The summed E-state index contributed by atoms with van der Waals surface area (Å²) in [6.45, 7) is 9.11. The molecule has 1 aliphatic rings. The molecule has 3 rings (SSSR count). The maximum Gasteiger partial charge on any atom is 0.254 e. The maximum atomic E-state index is 12.8. The van der Waals surface area contributed by atoms with Gasteiger partial charge in [-0.3, -0.25) is 4.79 Å². The van der Waals surface area contributed by atoms with Crippen LogP contribution in [-0.2, 0) is 4.74 Å². The van der Waals surface area contributed by atoms with Gasteiger partial charge in [-0.1, -0.05) is 0 Å². The predicted octanol–water partition coefficient (Wildman–Crippen LogP) is 2.50. The van der Waals surface area contributed by atoms with Crippen LogP contribution in [0.25, 0.3) is 11.0 Å². The van der Waals surface area contributed by atoms with E-state index < -0.39 is 0 Å². The van der Waals surface area contributed by atoms with E-state index in [0.29, 0.717) is 18.7 Å². The molecule has 22 heavy (non-hydrogen) atoms. The highest BCUT2D eigenvalue weighted by atomic mass is 16.5. The molecule has 5 nitrogen and oxygen atoms in total. The number of benzene rings is 1. The topological polar surface area (TPSA) is 55.3 Å². The van der Waals surface area contributed by atoms with Crippen LogP contribution in [0.4, 0.5) is 0 Å². The largest absolute Gasteiger partial charge is 0.375 e. The number of amides is 1. The van der Waals surface area contributed by atoms with E-state index in [1.807, 2.05) is 50.8 Å². The highest BCUT2D eigenvalue weighted by Gasteiger charge is 2.29. The second kappa shape index (κ2) is 5.65. The Balaban J connectivity index is 1.95. The van der Waals surface area contributed by atoms with Crippen molar-refractivity contribution in [2.75, 3.05) is 13.2 Å². The number of aryl methyl sites for hydroxylation is 2. The van der Waals surface area contributed by atoms with E-state index in [-0.39, 0.29) is 18.1 Å². The molecule has 5 heteroatoms. The van der Waals surface area contributed by atoms with Gasteiger partial charge in [-0.2, -0.15) is 0 Å². The number of carbonyl (C=O) groups excluding carboxylic acids is 1. The van der Waals surface area contributed by atoms with Crippen LogP contribution in [-0.4, -0.2) is 46.1 Å². The lowest BCUT2D eigenvalue weighted by Crippen LogP contribution is -2.51. The quantitative estimate of drug-likeness (QED) is 0.812. The standard InChI is InChI=1S/C17H21N3O2/c1-10-11(2)19-16-9-14(5-6-15(16)18-10)17(21)20-7-8-22-13(4)12(20)3/h5-6,9,12-13H,7-8H2,1-4H3. The minimum absolute atomic E-state index is 0.0320. The van der Waals surface area contributed by atoms with Crippen molar-refractivity contribution in [2.24, 2.45) is 0 Å². The zero-order valence-corrected chi connectivity index (χ0v) is 13.5. The highest BCUT2D eigenvalue weighted by molar-refractivity contribution is 5.97. The SMILES string of the molecule is Cc1nc2ccc(C(=O)N3CCOC(C)C3C)cc2nc1C. The van der Waals surface area contributed by atoms with Gasteiger partial charge < -0.3 is 9.64 Å². The monoisotopic (exact) mass is 299 g/mol. The first-order chi connectivity index (χ1) is 10.5. The number of hydrogen-bond acceptors (Lipinski definition) is 4. The van der Waals surface area contributed by atoms with E-state index in [1.54, 1.807) is 0 Å². The van der Waals surface area contributed by atoms with Gasteiger partial charge in [0.2, 0.25) is 0 Å². The zero-order valence-electron chi connectivity index (χ0n) is 13.5. The van der Waals surface area contributed by atoms with E-state index in [2.05, 4.69) is 9.97 Å². The molecule has 0 N–H and O–H groups in total. The molecule has 0 aliphatic carbocycles. The third kappa shape index (κ3) is 2.57. The first-order valence-corrected chi connectivity index (χ1v) is 7.65. The smallest absolute Gasteiger partial charge is 0.254 e. The minimum atomic E-state index is 0.0320. The summed E-state index contributed by atoms with van der Waals surface area (Å²) in [6.07, 6.45) is 0.0582. The Morgan fingerprint density at radius 3 is 2.59 bits per heavy atom. The summed E-state index contributed by atoms with van der Waals surface area (Å²) in [4.78, 5) is 23.7. The number of rotatable bonds is 1. The van der Waals surface area contributed by atoms with Crippen LogP contribution >= 0.6 is 0 Å². The molecule has 2 aromatic rings. The zero-order chi connectivity index (χ0) is 15.9. The molecule has 1 aromatic carbocycles. The van der Waals surface area contributed by atoms with E-state index in [1.165, 1.54) is 0 Å². The summed E-state index contributed by atoms with van der Waals surface area (Å²) in [5.41, 5.74) is 4.06. The average molecular weight is 299 g/mol. The van der Waals surface area contributed by atoms with Crippen molar-refractivity contribution in [1.29, 1.82) is 0 Å². The highest BCUT2D eigenvalue weighted by Crippen LogP contribution is 2.20. The van der Waals surface area contributed by atoms with Gasteiger partial charge in [-0.25, -0.2) is 9.97 Å². The fraction of sp³-hybridized carbons (Fsp3) is 0.471. The van der Waals surface area contributed by atoms with Crippen molar-refractivity contribution in [3.63, 3.8) is 0 Å². The molecule has 0 saturated carbocycles. The van der Waals surface area contributed by atoms with E-state index in [9.17, 15) is 4.79 Å². The van der Waals surface area contributed by atoms with Crippen molar-refractivity contribution in [2.45, 2.75) is 39.8 Å². The molecule has 0 radical (unpaired) electrons. The maximum absolute atomic E-state index is 12.8. The van der Waals surface area contributed by atoms with Crippen molar-refractivity contribution in [3.8, 4) is 0 Å². The van der Waals surface area contributed by atoms with Crippen LogP contribution in [0.2, 0.25) is 0 Å². The molecule has 116 valence electrons. The Hall–Kier alpha value is -2.01. The van der Waals surface area contributed by atoms with Gasteiger partial charge in [0, 0.05) is 12.1 Å². The molecule has 0 spiro atoms. The number of morpholine rings is 1. The normalized spacial score (nSPS) is 22.1. The summed E-state index contributed by atoms with van der Waals surface area (Å²) in [7, 11) is 0. The van der Waals surface area contributed by atoms with E-state index in [0.717, 1.165) is 22.4 Å². The van der Waals surface area contributed by atoms with Crippen molar-refractivity contribution in [3.05, 3.63) is 35.2 Å². The summed E-state index contributed by atoms with van der Waals surface area (Å²) in [6, 6.07) is 5.62. The van der Waals surface area contributed by atoms with Crippen LogP contribution in [0.5, 0.6) is 0 Å². The number of hydrogen-bond donors (Lipinski definition) is 0. The van der Waals surface area contributed by atoms with Gasteiger partial charge in [-0.15, -0.1) is 0 Å². The van der Waals surface area contributed by atoms with Crippen molar-refractivity contribution < 1.29 is 9.53 Å². The van der Waals surface area contributed by atoms with Gasteiger partial charge in [0.05, 0.1) is 41.2 Å². The van der Waals surface area contributed by atoms with Gasteiger partial charge in [0.1, 0.15) is 0 Å². The minimum Gasteiger partial charge on any atom is -0.375 e.